The summed E-state index contributed by atoms with van der Waals surface area (Å²) in [5, 5.41) is 11.5. The summed E-state index contributed by atoms with van der Waals surface area (Å²) >= 11 is 1.76. The molecule has 1 N–H and O–H groups in total. The van der Waals surface area contributed by atoms with Crippen LogP contribution in [0.2, 0.25) is 0 Å². The summed E-state index contributed by atoms with van der Waals surface area (Å²) in [6.07, 6.45) is 5.66. The Morgan fingerprint density at radius 1 is 1.03 bits per heavy atom. The SMILES string of the molecule is C=C/C=C(\C=C)SCc1c(C(C)C)cc(C(C)C)c(CO)c1-c1ccc(P)cc1. The van der Waals surface area contributed by atoms with E-state index in [1.807, 2.05) is 12.2 Å². The molecular formula is C26H33OPS. The van der Waals surface area contributed by atoms with Crippen molar-refractivity contribution in [3.05, 3.63) is 88.9 Å². The molecule has 0 aliphatic rings. The van der Waals surface area contributed by atoms with E-state index in [1.54, 1.807) is 17.8 Å². The van der Waals surface area contributed by atoms with Crippen LogP contribution in [0.4, 0.5) is 0 Å². The highest BCUT2D eigenvalue weighted by atomic mass is 32.2. The van der Waals surface area contributed by atoms with Crippen LogP contribution in [0.25, 0.3) is 11.1 Å². The molecule has 0 aliphatic carbocycles. The molecule has 1 unspecified atom stereocenters. The average molecular weight is 425 g/mol. The lowest BCUT2D eigenvalue weighted by Crippen LogP contribution is -2.08. The largest absolute Gasteiger partial charge is 0.392 e. The maximum Gasteiger partial charge on any atom is 0.0690 e. The molecule has 0 amide bonds. The second-order valence-corrected chi connectivity index (χ2v) is 9.49. The molecule has 1 atom stereocenters. The van der Waals surface area contributed by atoms with Crippen LogP contribution in [0.3, 0.4) is 0 Å². The number of benzene rings is 2. The van der Waals surface area contributed by atoms with E-state index in [4.69, 9.17) is 0 Å². The predicted octanol–water partition coefficient (Wildman–Crippen LogP) is 7.08. The van der Waals surface area contributed by atoms with Crippen LogP contribution < -0.4 is 5.30 Å². The van der Waals surface area contributed by atoms with Crippen molar-refractivity contribution < 1.29 is 5.11 Å². The van der Waals surface area contributed by atoms with Gasteiger partial charge in [0.1, 0.15) is 0 Å². The molecule has 0 aliphatic heterocycles. The van der Waals surface area contributed by atoms with Crippen LogP contribution in [-0.4, -0.2) is 5.11 Å². The van der Waals surface area contributed by atoms with Crippen LogP contribution in [-0.2, 0) is 12.4 Å². The highest BCUT2D eigenvalue weighted by Crippen LogP contribution is 2.41. The topological polar surface area (TPSA) is 20.2 Å². The summed E-state index contributed by atoms with van der Waals surface area (Å²) in [7, 11) is 2.74. The fraction of sp³-hybridized carbons (Fsp3) is 0.308. The van der Waals surface area contributed by atoms with Crippen molar-refractivity contribution in [1.29, 1.82) is 0 Å². The molecule has 3 heteroatoms. The normalized spacial score (nSPS) is 11.9. The molecule has 0 aromatic heterocycles. The number of hydrogen-bond acceptors (Lipinski definition) is 2. The predicted molar refractivity (Wildman–Crippen MR) is 135 cm³/mol. The summed E-state index contributed by atoms with van der Waals surface area (Å²) in [6, 6.07) is 10.9. The van der Waals surface area contributed by atoms with Gasteiger partial charge in [-0.2, -0.15) is 0 Å². The quantitative estimate of drug-likeness (QED) is 0.343. The van der Waals surface area contributed by atoms with Gasteiger partial charge in [0, 0.05) is 10.7 Å². The Bertz CT molecular complexity index is 892. The molecule has 29 heavy (non-hydrogen) atoms. The Morgan fingerprint density at radius 2 is 1.62 bits per heavy atom. The Kier molecular flexibility index (Phi) is 8.96. The van der Waals surface area contributed by atoms with Crippen LogP contribution >= 0.6 is 21.0 Å². The van der Waals surface area contributed by atoms with Gasteiger partial charge in [-0.1, -0.05) is 83.3 Å². The standard InChI is InChI=1S/C26H33OPS/c1-7-9-21(8-2)29-16-25-23(18(5)6)14-22(17(3)4)24(15-27)26(25)19-10-12-20(28)13-11-19/h7-14,17-18,27H,1-2,15-16,28H2,3-6H3/b21-9+. The molecule has 0 bridgehead atoms. The molecule has 1 nitrogen and oxygen atoms in total. The second kappa shape index (κ2) is 11.0. The van der Waals surface area contributed by atoms with Crippen LogP contribution in [0, 0.1) is 0 Å². The van der Waals surface area contributed by atoms with Crippen LogP contribution in [0.1, 0.15) is 61.8 Å². The van der Waals surface area contributed by atoms with E-state index in [2.05, 4.69) is 80.4 Å². The lowest BCUT2D eigenvalue weighted by Gasteiger charge is -2.25. The first-order valence-corrected chi connectivity index (χ1v) is 11.6. The maximum atomic E-state index is 10.4. The highest BCUT2D eigenvalue weighted by molar-refractivity contribution is 8.02. The molecule has 0 spiro atoms. The van der Waals surface area contributed by atoms with E-state index >= 15 is 0 Å². The van der Waals surface area contributed by atoms with E-state index in [0.717, 1.165) is 27.1 Å². The minimum absolute atomic E-state index is 0.0400. The summed E-state index contributed by atoms with van der Waals surface area (Å²) < 4.78 is 0. The molecule has 2 aromatic rings. The zero-order valence-electron chi connectivity index (χ0n) is 18.0. The summed E-state index contributed by atoms with van der Waals surface area (Å²) in [4.78, 5) is 1.10. The molecule has 2 aromatic carbocycles. The molecule has 154 valence electrons. The number of thioether (sulfide) groups is 1. The van der Waals surface area contributed by atoms with Crippen LogP contribution in [0.15, 0.2) is 66.6 Å². The minimum atomic E-state index is 0.0400. The van der Waals surface area contributed by atoms with Crippen molar-refractivity contribution in [1.82, 2.24) is 0 Å². The van der Waals surface area contributed by atoms with Crippen molar-refractivity contribution in [2.24, 2.45) is 0 Å². The maximum absolute atomic E-state index is 10.4. The van der Waals surface area contributed by atoms with Gasteiger partial charge < -0.3 is 5.11 Å². The lowest BCUT2D eigenvalue weighted by molar-refractivity contribution is 0.280. The van der Waals surface area contributed by atoms with Gasteiger partial charge in [-0.3, -0.25) is 0 Å². The number of rotatable bonds is 9. The molecular weight excluding hydrogens is 391 g/mol. The smallest absolute Gasteiger partial charge is 0.0690 e. The van der Waals surface area contributed by atoms with Gasteiger partial charge in [0.2, 0.25) is 0 Å². The molecule has 0 radical (unpaired) electrons. The lowest BCUT2D eigenvalue weighted by atomic mass is 9.82. The number of allylic oxidation sites excluding steroid dienone is 3. The summed E-state index contributed by atoms with van der Waals surface area (Å²) in [5.74, 6) is 1.56. The second-order valence-electron chi connectivity index (χ2n) is 7.77. The summed E-state index contributed by atoms with van der Waals surface area (Å²) in [5.41, 5.74) is 7.27. The van der Waals surface area contributed by atoms with E-state index in [1.165, 1.54) is 22.3 Å². The Morgan fingerprint density at radius 3 is 2.10 bits per heavy atom. The Labute approximate surface area is 183 Å². The van der Waals surface area contributed by atoms with E-state index in [0.29, 0.717) is 11.8 Å². The van der Waals surface area contributed by atoms with Gasteiger partial charge >= 0.3 is 0 Å². The molecule has 2 rings (SSSR count). The van der Waals surface area contributed by atoms with Crippen molar-refractivity contribution >= 4 is 26.3 Å². The first-order valence-electron chi connectivity index (χ1n) is 10.1. The average Bonchev–Trinajstić information content (AvgIpc) is 2.70. The van der Waals surface area contributed by atoms with E-state index in [-0.39, 0.29) is 6.61 Å². The van der Waals surface area contributed by atoms with Gasteiger partial charge in [-0.05, 0) is 56.6 Å². The van der Waals surface area contributed by atoms with E-state index < -0.39 is 0 Å². The minimum Gasteiger partial charge on any atom is -0.392 e. The third-order valence-electron chi connectivity index (χ3n) is 5.08. The van der Waals surface area contributed by atoms with Gasteiger partial charge in [0.15, 0.2) is 0 Å². The Balaban J connectivity index is 2.79. The first-order chi connectivity index (χ1) is 13.8. The van der Waals surface area contributed by atoms with Crippen molar-refractivity contribution in [2.45, 2.75) is 51.9 Å². The zero-order chi connectivity index (χ0) is 21.6. The molecule has 0 saturated heterocycles. The third-order valence-corrected chi connectivity index (χ3v) is 6.53. The third kappa shape index (κ3) is 5.72. The zero-order valence-corrected chi connectivity index (χ0v) is 20.0. The first kappa shape index (κ1) is 23.7. The van der Waals surface area contributed by atoms with Gasteiger partial charge in [-0.15, -0.1) is 21.0 Å². The monoisotopic (exact) mass is 424 g/mol. The van der Waals surface area contributed by atoms with E-state index in [9.17, 15) is 5.11 Å². The summed E-state index contributed by atoms with van der Waals surface area (Å²) in [6.45, 7) is 16.7. The van der Waals surface area contributed by atoms with Gasteiger partial charge in [-0.25, -0.2) is 0 Å². The number of aliphatic hydroxyl groups is 1. The van der Waals surface area contributed by atoms with Crippen molar-refractivity contribution in [2.75, 3.05) is 0 Å². The number of hydrogen-bond donors (Lipinski definition) is 1. The van der Waals surface area contributed by atoms with Gasteiger partial charge in [0.05, 0.1) is 6.61 Å². The number of aliphatic hydroxyl groups excluding tert-OH is 1. The van der Waals surface area contributed by atoms with Crippen molar-refractivity contribution in [3.63, 3.8) is 0 Å². The van der Waals surface area contributed by atoms with Crippen LogP contribution in [0.5, 0.6) is 0 Å². The molecule has 0 heterocycles. The fourth-order valence-corrected chi connectivity index (χ4v) is 4.74. The highest BCUT2D eigenvalue weighted by Gasteiger charge is 2.22. The van der Waals surface area contributed by atoms with Gasteiger partial charge in [0.25, 0.3) is 0 Å². The fourth-order valence-electron chi connectivity index (χ4n) is 3.61. The molecule has 0 saturated carbocycles. The molecule has 0 fully saturated rings. The Hall–Kier alpha value is -1.60. The van der Waals surface area contributed by atoms with Crippen molar-refractivity contribution in [3.8, 4) is 11.1 Å².